The number of aromatic nitrogens is 2. The largest absolute Gasteiger partial charge is 0.346 e. The van der Waals surface area contributed by atoms with Crippen LogP contribution in [0.3, 0.4) is 0 Å². The first kappa shape index (κ1) is 13.7. The second-order valence-corrected chi connectivity index (χ2v) is 5.03. The van der Waals surface area contributed by atoms with E-state index in [2.05, 4.69) is 15.3 Å². The number of alkyl halides is 1. The Bertz CT molecular complexity index is 596. The summed E-state index contributed by atoms with van der Waals surface area (Å²) < 4.78 is 0. The van der Waals surface area contributed by atoms with Crippen molar-refractivity contribution >= 4 is 28.5 Å². The Balaban J connectivity index is 2.26. The van der Waals surface area contributed by atoms with Crippen LogP contribution in [0, 0.1) is 0 Å². The van der Waals surface area contributed by atoms with Gasteiger partial charge in [0.15, 0.2) is 0 Å². The third kappa shape index (κ3) is 3.01. The molecule has 1 unspecified atom stereocenters. The maximum absolute atomic E-state index is 12.2. The topological polar surface area (TPSA) is 54.9 Å². The third-order valence-corrected chi connectivity index (χ3v) is 3.81. The molecule has 1 amide bonds. The van der Waals surface area contributed by atoms with E-state index in [4.69, 9.17) is 11.6 Å². The quantitative estimate of drug-likeness (QED) is 0.875. The van der Waals surface area contributed by atoms with Gasteiger partial charge in [-0.05, 0) is 31.5 Å². The maximum atomic E-state index is 12.2. The summed E-state index contributed by atoms with van der Waals surface area (Å²) in [6.45, 7) is 3.92. The van der Waals surface area contributed by atoms with E-state index in [0.717, 1.165) is 11.9 Å². The molecule has 0 aliphatic rings. The average Bonchev–Trinajstić information content (AvgIpc) is 2.46. The van der Waals surface area contributed by atoms with Crippen molar-refractivity contribution in [2.75, 3.05) is 5.88 Å². The molecule has 1 heterocycles. The van der Waals surface area contributed by atoms with Gasteiger partial charge >= 0.3 is 0 Å². The molecule has 0 saturated heterocycles. The molecule has 0 aliphatic carbocycles. The zero-order chi connectivity index (χ0) is 13.9. The molecule has 1 atom stereocenters. The van der Waals surface area contributed by atoms with Crippen LogP contribution in [0.4, 0.5) is 0 Å². The minimum Gasteiger partial charge on any atom is -0.346 e. The number of benzene rings is 1. The van der Waals surface area contributed by atoms with E-state index >= 15 is 0 Å². The fraction of sp³-hybridized carbons (Fsp3) is 0.357. The highest BCUT2D eigenvalue weighted by atomic mass is 35.5. The summed E-state index contributed by atoms with van der Waals surface area (Å²) in [7, 11) is 0. The molecule has 4 nitrogen and oxygen atoms in total. The Labute approximate surface area is 117 Å². The monoisotopic (exact) mass is 277 g/mol. The number of amides is 1. The van der Waals surface area contributed by atoms with Gasteiger partial charge in [0, 0.05) is 23.8 Å². The minimum atomic E-state index is -0.393. The first-order chi connectivity index (χ1) is 9.08. The van der Waals surface area contributed by atoms with Crippen LogP contribution in [0.25, 0.3) is 11.0 Å². The zero-order valence-corrected chi connectivity index (χ0v) is 11.7. The van der Waals surface area contributed by atoms with Crippen LogP contribution in [-0.2, 0) is 0 Å². The van der Waals surface area contributed by atoms with Crippen LogP contribution in [0.2, 0.25) is 0 Å². The highest BCUT2D eigenvalue weighted by Gasteiger charge is 2.23. The second-order valence-electron chi connectivity index (χ2n) is 4.76. The maximum Gasteiger partial charge on any atom is 0.251 e. The Morgan fingerprint density at radius 2 is 2.00 bits per heavy atom. The van der Waals surface area contributed by atoms with Crippen molar-refractivity contribution in [2.24, 2.45) is 0 Å². The fourth-order valence-electron chi connectivity index (χ4n) is 1.67. The smallest absolute Gasteiger partial charge is 0.251 e. The predicted octanol–water partition coefficient (Wildman–Crippen LogP) is 2.77. The van der Waals surface area contributed by atoms with Crippen LogP contribution >= 0.6 is 11.6 Å². The highest BCUT2D eigenvalue weighted by molar-refractivity contribution is 6.18. The van der Waals surface area contributed by atoms with Crippen LogP contribution in [-0.4, -0.2) is 27.3 Å². The number of nitrogens with one attached hydrogen (secondary N) is 1. The van der Waals surface area contributed by atoms with Crippen LogP contribution in [0.1, 0.15) is 30.6 Å². The van der Waals surface area contributed by atoms with Crippen molar-refractivity contribution in [3.8, 4) is 0 Å². The van der Waals surface area contributed by atoms with Crippen molar-refractivity contribution in [1.29, 1.82) is 0 Å². The molecule has 1 aromatic heterocycles. The second kappa shape index (κ2) is 5.53. The number of hydrogen-bond acceptors (Lipinski definition) is 3. The Morgan fingerprint density at radius 1 is 1.32 bits per heavy atom. The van der Waals surface area contributed by atoms with E-state index < -0.39 is 5.54 Å². The Hall–Kier alpha value is -1.68. The summed E-state index contributed by atoms with van der Waals surface area (Å²) in [6, 6.07) is 5.28. The van der Waals surface area contributed by atoms with E-state index in [1.165, 1.54) is 0 Å². The normalized spacial score (nSPS) is 14.1. The molecule has 0 spiro atoms. The van der Waals surface area contributed by atoms with Gasteiger partial charge in [0.1, 0.15) is 0 Å². The van der Waals surface area contributed by atoms with Crippen molar-refractivity contribution in [1.82, 2.24) is 15.3 Å². The molecule has 0 aliphatic heterocycles. The van der Waals surface area contributed by atoms with E-state index in [-0.39, 0.29) is 5.91 Å². The molecule has 0 radical (unpaired) electrons. The minimum absolute atomic E-state index is 0.141. The van der Waals surface area contributed by atoms with Crippen molar-refractivity contribution in [3.05, 3.63) is 36.2 Å². The first-order valence-electron chi connectivity index (χ1n) is 6.17. The fourth-order valence-corrected chi connectivity index (χ4v) is 1.92. The zero-order valence-electron chi connectivity index (χ0n) is 11.0. The predicted molar refractivity (Wildman–Crippen MR) is 76.4 cm³/mol. The molecule has 2 rings (SSSR count). The Kier molecular flexibility index (Phi) is 4.00. The van der Waals surface area contributed by atoms with Gasteiger partial charge in [-0.1, -0.05) is 6.92 Å². The van der Waals surface area contributed by atoms with E-state index in [1.54, 1.807) is 30.6 Å². The Morgan fingerprint density at radius 3 is 2.63 bits per heavy atom. The van der Waals surface area contributed by atoms with Crippen LogP contribution < -0.4 is 5.32 Å². The van der Waals surface area contributed by atoms with E-state index in [1.807, 2.05) is 13.8 Å². The van der Waals surface area contributed by atoms with Gasteiger partial charge in [-0.3, -0.25) is 14.8 Å². The lowest BCUT2D eigenvalue weighted by molar-refractivity contribution is 0.0912. The molecule has 0 bridgehead atoms. The first-order valence-corrected chi connectivity index (χ1v) is 6.71. The number of carbonyl (C=O) groups excluding carboxylic acids is 1. The van der Waals surface area contributed by atoms with E-state index in [0.29, 0.717) is 17.0 Å². The lowest BCUT2D eigenvalue weighted by atomic mass is 10.0. The average molecular weight is 278 g/mol. The number of halogens is 1. The summed E-state index contributed by atoms with van der Waals surface area (Å²) in [4.78, 5) is 20.6. The molecule has 1 aromatic carbocycles. The van der Waals surface area contributed by atoms with Gasteiger partial charge in [-0.25, -0.2) is 0 Å². The van der Waals surface area contributed by atoms with Gasteiger partial charge in [0.2, 0.25) is 0 Å². The molecule has 0 saturated carbocycles. The molecular formula is C14H16ClN3O. The lowest BCUT2D eigenvalue weighted by Crippen LogP contribution is -2.47. The third-order valence-electron chi connectivity index (χ3n) is 3.22. The molecule has 2 aromatic rings. The number of carbonyl (C=O) groups is 1. The molecule has 100 valence electrons. The number of hydrogen-bond donors (Lipinski definition) is 1. The molecule has 0 fully saturated rings. The number of fused-ring (bicyclic) bond motifs is 1. The summed E-state index contributed by atoms with van der Waals surface area (Å²) in [5.41, 5.74) is 1.65. The lowest BCUT2D eigenvalue weighted by Gasteiger charge is -2.27. The van der Waals surface area contributed by atoms with Gasteiger partial charge in [-0.2, -0.15) is 0 Å². The highest BCUT2D eigenvalue weighted by Crippen LogP contribution is 2.15. The van der Waals surface area contributed by atoms with Crippen LogP contribution in [0.15, 0.2) is 30.6 Å². The molecule has 19 heavy (non-hydrogen) atoms. The van der Waals surface area contributed by atoms with Crippen molar-refractivity contribution in [2.45, 2.75) is 25.8 Å². The molecular weight excluding hydrogens is 262 g/mol. The SMILES string of the molecule is CCC(C)(CCl)NC(=O)c1ccc2nccnc2c1. The van der Waals surface area contributed by atoms with Gasteiger partial charge < -0.3 is 5.32 Å². The summed E-state index contributed by atoms with van der Waals surface area (Å²) in [5.74, 6) is 0.236. The van der Waals surface area contributed by atoms with Crippen molar-refractivity contribution in [3.63, 3.8) is 0 Å². The summed E-state index contributed by atoms with van der Waals surface area (Å²) in [5, 5.41) is 2.95. The molecule has 5 heteroatoms. The van der Waals surface area contributed by atoms with Gasteiger partial charge in [0.25, 0.3) is 5.91 Å². The standard InChI is InChI=1S/C14H16ClN3O/c1-3-14(2,9-15)18-13(19)10-4-5-11-12(8-10)17-7-6-16-11/h4-8H,3,9H2,1-2H3,(H,18,19). The molecule has 1 N–H and O–H groups in total. The van der Waals surface area contributed by atoms with Gasteiger partial charge in [0.05, 0.1) is 16.6 Å². The van der Waals surface area contributed by atoms with Gasteiger partial charge in [-0.15, -0.1) is 11.6 Å². The van der Waals surface area contributed by atoms with Crippen molar-refractivity contribution < 1.29 is 4.79 Å². The number of nitrogens with zero attached hydrogens (tertiary/aromatic N) is 2. The number of rotatable bonds is 4. The summed E-state index contributed by atoms with van der Waals surface area (Å²) in [6.07, 6.45) is 4.01. The summed E-state index contributed by atoms with van der Waals surface area (Å²) >= 11 is 5.90. The van der Waals surface area contributed by atoms with E-state index in [9.17, 15) is 4.79 Å². The van der Waals surface area contributed by atoms with Crippen LogP contribution in [0.5, 0.6) is 0 Å².